The molecule has 2 unspecified atom stereocenters. The summed E-state index contributed by atoms with van der Waals surface area (Å²) < 4.78 is 5.84. The van der Waals surface area contributed by atoms with Crippen molar-refractivity contribution >= 4 is 11.8 Å². The van der Waals surface area contributed by atoms with Gasteiger partial charge in [-0.3, -0.25) is 9.59 Å². The van der Waals surface area contributed by atoms with Crippen LogP contribution in [0.4, 0.5) is 0 Å². The second kappa shape index (κ2) is 10.1. The molecule has 3 aromatic rings. The molecule has 2 aromatic heterocycles. The van der Waals surface area contributed by atoms with Crippen molar-refractivity contribution in [3.63, 3.8) is 0 Å². The molecule has 2 aliphatic heterocycles. The first-order valence-corrected chi connectivity index (χ1v) is 12.5. The van der Waals surface area contributed by atoms with Crippen LogP contribution in [-0.2, 0) is 0 Å². The van der Waals surface area contributed by atoms with Gasteiger partial charge in [0, 0.05) is 45.7 Å². The van der Waals surface area contributed by atoms with Crippen LogP contribution in [0.15, 0.2) is 65.6 Å². The number of nitrogens with one attached hydrogen (secondary N) is 1. The fourth-order valence-electron chi connectivity index (χ4n) is 5.64. The molecule has 36 heavy (non-hydrogen) atoms. The number of furan rings is 1. The van der Waals surface area contributed by atoms with Gasteiger partial charge in [0.1, 0.15) is 11.8 Å². The molecule has 188 valence electrons. The maximum absolute atomic E-state index is 13.2. The molecule has 1 aromatic carbocycles. The number of fused-ring (bicyclic) bond motifs is 1. The lowest BCUT2D eigenvalue weighted by Gasteiger charge is -2.25. The van der Waals surface area contributed by atoms with Crippen LogP contribution < -0.4 is 10.0 Å². The predicted molar refractivity (Wildman–Crippen MR) is 134 cm³/mol. The molecule has 3 atom stereocenters. The maximum atomic E-state index is 13.2. The highest BCUT2D eigenvalue weighted by molar-refractivity contribution is 5.96. The Morgan fingerprint density at radius 2 is 1.81 bits per heavy atom. The highest BCUT2D eigenvalue weighted by atomic mass is 16.5. The Kier molecular flexibility index (Phi) is 6.78. The van der Waals surface area contributed by atoms with Crippen molar-refractivity contribution in [2.24, 2.45) is 11.8 Å². The Morgan fingerprint density at radius 1 is 1.08 bits per heavy atom. The molecule has 2 fully saturated rings. The molecule has 8 heteroatoms. The minimum absolute atomic E-state index is 0.0396. The third kappa shape index (κ3) is 4.86. The van der Waals surface area contributed by atoms with Gasteiger partial charge in [-0.2, -0.15) is 4.73 Å². The summed E-state index contributed by atoms with van der Waals surface area (Å²) in [6, 6.07) is 13.3. The number of likely N-dealkylation sites (tertiary alicyclic amines) is 2. The minimum Gasteiger partial charge on any atom is -0.618 e. The lowest BCUT2D eigenvalue weighted by Crippen LogP contribution is -2.38. The Balaban J connectivity index is 1.19. The average Bonchev–Trinajstić information content (AvgIpc) is 3.62. The van der Waals surface area contributed by atoms with E-state index < -0.39 is 0 Å². The van der Waals surface area contributed by atoms with Crippen molar-refractivity contribution in [1.82, 2.24) is 15.1 Å². The third-order valence-corrected chi connectivity index (χ3v) is 7.63. The largest absolute Gasteiger partial charge is 0.618 e. The number of nitrogens with zero attached hydrogens (tertiary/aromatic N) is 3. The molecule has 0 saturated carbocycles. The van der Waals surface area contributed by atoms with Crippen LogP contribution in [0.3, 0.4) is 0 Å². The maximum Gasteiger partial charge on any atom is 0.260 e. The zero-order valence-corrected chi connectivity index (χ0v) is 20.7. The topological polar surface area (TPSA) is 92.7 Å². The lowest BCUT2D eigenvalue weighted by molar-refractivity contribution is -0.612. The second-order valence-electron chi connectivity index (χ2n) is 10.0. The van der Waals surface area contributed by atoms with Crippen LogP contribution in [0.25, 0.3) is 0 Å². The molecule has 2 aliphatic rings. The van der Waals surface area contributed by atoms with E-state index in [1.165, 1.54) is 18.7 Å². The standard InChI is InChI=1S/C28H32N4O4/c1-19-8-12-32(35)20(2)26(19)28(34)31-16-23-14-30(15-24(23)17-31)11-9-25(21-6-4-3-5-7-21)29-27(33)22-10-13-36-18-22/h3-8,10,12-13,18,23-25H,9,11,14-17H2,1-2H3,(H,29,33)/t23-,24?,25?/m0/s1. The molecule has 0 aliphatic carbocycles. The van der Waals surface area contributed by atoms with Gasteiger partial charge in [0.15, 0.2) is 6.20 Å². The number of benzene rings is 1. The average molecular weight is 489 g/mol. The molecule has 1 N–H and O–H groups in total. The van der Waals surface area contributed by atoms with E-state index in [9.17, 15) is 14.8 Å². The zero-order valence-electron chi connectivity index (χ0n) is 20.7. The highest BCUT2D eigenvalue weighted by Gasteiger charge is 2.42. The number of carbonyl (C=O) groups is 2. The second-order valence-corrected chi connectivity index (χ2v) is 10.0. The first-order valence-electron chi connectivity index (χ1n) is 12.5. The van der Waals surface area contributed by atoms with Crippen molar-refractivity contribution in [3.8, 4) is 0 Å². The molecule has 2 amide bonds. The van der Waals surface area contributed by atoms with Gasteiger partial charge in [0.2, 0.25) is 5.69 Å². The van der Waals surface area contributed by atoms with Gasteiger partial charge in [-0.15, -0.1) is 0 Å². The van der Waals surface area contributed by atoms with Gasteiger partial charge in [0.25, 0.3) is 11.8 Å². The number of hydrogen-bond acceptors (Lipinski definition) is 5. The molecular weight excluding hydrogens is 456 g/mol. The Morgan fingerprint density at radius 3 is 2.47 bits per heavy atom. The molecule has 0 radical (unpaired) electrons. The Bertz CT molecular complexity index is 1210. The minimum atomic E-state index is -0.143. The van der Waals surface area contributed by atoms with Gasteiger partial charge < -0.3 is 24.7 Å². The summed E-state index contributed by atoms with van der Waals surface area (Å²) in [4.78, 5) is 30.3. The number of hydrogen-bond donors (Lipinski definition) is 1. The third-order valence-electron chi connectivity index (χ3n) is 7.63. The molecule has 4 heterocycles. The van der Waals surface area contributed by atoms with E-state index in [0.717, 1.165) is 41.9 Å². The quantitative estimate of drug-likeness (QED) is 0.408. The van der Waals surface area contributed by atoms with Gasteiger partial charge in [-0.1, -0.05) is 30.3 Å². The van der Waals surface area contributed by atoms with E-state index in [1.54, 1.807) is 19.1 Å². The predicted octanol–water partition coefficient (Wildman–Crippen LogP) is 3.10. The smallest absolute Gasteiger partial charge is 0.260 e. The summed E-state index contributed by atoms with van der Waals surface area (Å²) >= 11 is 0. The molecule has 0 spiro atoms. The molecular formula is C28H32N4O4. The summed E-state index contributed by atoms with van der Waals surface area (Å²) in [5, 5.41) is 15.2. The van der Waals surface area contributed by atoms with Crippen molar-refractivity contribution in [2.45, 2.75) is 26.3 Å². The SMILES string of the molecule is Cc1cc[n+]([O-])c(C)c1C(=O)N1CC2CN(CCC(NC(=O)c3ccoc3)c3ccccc3)C[C@H]2C1. The zero-order chi connectivity index (χ0) is 25.2. The van der Waals surface area contributed by atoms with Crippen LogP contribution in [0.2, 0.25) is 0 Å². The van der Waals surface area contributed by atoms with Gasteiger partial charge in [0.05, 0.1) is 17.9 Å². The van der Waals surface area contributed by atoms with Crippen LogP contribution in [-0.4, -0.2) is 54.3 Å². The summed E-state index contributed by atoms with van der Waals surface area (Å²) in [6.07, 6.45) is 5.21. The van der Waals surface area contributed by atoms with Crippen LogP contribution in [0.5, 0.6) is 0 Å². The van der Waals surface area contributed by atoms with Crippen LogP contribution >= 0.6 is 0 Å². The van der Waals surface area contributed by atoms with E-state index in [2.05, 4.69) is 10.2 Å². The van der Waals surface area contributed by atoms with Crippen LogP contribution in [0, 0.1) is 30.9 Å². The fourth-order valence-corrected chi connectivity index (χ4v) is 5.64. The number of amides is 2. The lowest BCUT2D eigenvalue weighted by atomic mass is 10.0. The monoisotopic (exact) mass is 488 g/mol. The number of aromatic nitrogens is 1. The number of pyridine rings is 1. The summed E-state index contributed by atoms with van der Waals surface area (Å²) in [5.41, 5.74) is 3.43. The van der Waals surface area contributed by atoms with E-state index in [-0.39, 0.29) is 17.9 Å². The Hall–Kier alpha value is -3.65. The van der Waals surface area contributed by atoms with E-state index in [4.69, 9.17) is 4.42 Å². The van der Waals surface area contributed by atoms with Crippen LogP contribution in [0.1, 0.15) is 50.0 Å². The Labute approximate surface area is 211 Å². The van der Waals surface area contributed by atoms with E-state index in [1.807, 2.05) is 42.2 Å². The van der Waals surface area contributed by atoms with E-state index >= 15 is 0 Å². The number of carbonyl (C=O) groups excluding carboxylic acids is 2. The normalized spacial score (nSPS) is 20.3. The van der Waals surface area contributed by atoms with Gasteiger partial charge in [-0.05, 0) is 42.4 Å². The number of rotatable bonds is 7. The summed E-state index contributed by atoms with van der Waals surface area (Å²) in [7, 11) is 0. The van der Waals surface area contributed by atoms with Gasteiger partial charge >= 0.3 is 0 Å². The molecule has 5 rings (SSSR count). The first kappa shape index (κ1) is 24.1. The van der Waals surface area contributed by atoms with Crippen molar-refractivity contribution < 1.29 is 18.7 Å². The molecule has 2 saturated heterocycles. The van der Waals surface area contributed by atoms with Crippen molar-refractivity contribution in [1.29, 1.82) is 0 Å². The summed E-state index contributed by atoms with van der Waals surface area (Å²) in [5.74, 6) is 0.667. The first-order chi connectivity index (χ1) is 17.4. The molecule has 0 bridgehead atoms. The number of aryl methyl sites for hydroxylation is 1. The fraction of sp³-hybridized carbons (Fsp3) is 0.393. The molecule has 8 nitrogen and oxygen atoms in total. The summed E-state index contributed by atoms with van der Waals surface area (Å²) in [6.45, 7) is 7.74. The van der Waals surface area contributed by atoms with Gasteiger partial charge in [-0.25, -0.2) is 0 Å². The van der Waals surface area contributed by atoms with Crippen molar-refractivity contribution in [2.75, 3.05) is 32.7 Å². The van der Waals surface area contributed by atoms with Crippen molar-refractivity contribution in [3.05, 3.63) is 94.3 Å². The van der Waals surface area contributed by atoms with E-state index in [0.29, 0.717) is 41.7 Å². The highest BCUT2D eigenvalue weighted by Crippen LogP contribution is 2.33.